The number of carbonyl (C=O) groups excluding carboxylic acids is 2. The van der Waals surface area contributed by atoms with E-state index in [0.717, 1.165) is 0 Å². The highest BCUT2D eigenvalue weighted by Crippen LogP contribution is 2.41. The van der Waals surface area contributed by atoms with Crippen molar-refractivity contribution in [2.24, 2.45) is 5.73 Å². The van der Waals surface area contributed by atoms with Gasteiger partial charge in [0.1, 0.15) is 11.8 Å². The fraction of sp³-hybridized carbons (Fsp3) is 0.778. The summed E-state index contributed by atoms with van der Waals surface area (Å²) in [5, 5.41) is 4.52. The van der Waals surface area contributed by atoms with Gasteiger partial charge in [-0.3, -0.25) is 14.2 Å². The Bertz CT molecular complexity index is 354. The molecule has 1 unspecified atom stereocenters. The van der Waals surface area contributed by atoms with Gasteiger partial charge in [0.15, 0.2) is 0 Å². The zero-order chi connectivity index (χ0) is 14.5. The van der Waals surface area contributed by atoms with Gasteiger partial charge in [0, 0.05) is 0 Å². The van der Waals surface area contributed by atoms with Crippen molar-refractivity contribution in [2.45, 2.75) is 45.1 Å². The van der Waals surface area contributed by atoms with Crippen LogP contribution in [-0.2, 0) is 14.2 Å². The molecule has 0 heterocycles. The Morgan fingerprint density at radius 1 is 1.22 bits per heavy atom. The molecule has 3 atom stereocenters. The number of hydrogen-bond acceptors (Lipinski definition) is 4. The predicted octanol–water partition coefficient (Wildman–Crippen LogP) is -1.13. The molecule has 0 aliphatic heterocycles. The summed E-state index contributed by atoms with van der Waals surface area (Å²) in [5.41, 5.74) is 5.31. The number of hydrogen-bond donors (Lipinski definition) is 5. The molecule has 106 valence electrons. The molecular formula is C9H20N3O5P. The smallest absolute Gasteiger partial charge is 0.343 e. The third kappa shape index (κ3) is 5.59. The zero-order valence-electron chi connectivity index (χ0n) is 10.6. The second-order valence-corrected chi connectivity index (χ2v) is 5.84. The van der Waals surface area contributed by atoms with Gasteiger partial charge in [0.05, 0.1) is 6.04 Å². The summed E-state index contributed by atoms with van der Waals surface area (Å²) >= 11 is 0. The van der Waals surface area contributed by atoms with Gasteiger partial charge < -0.3 is 26.2 Å². The van der Waals surface area contributed by atoms with Crippen LogP contribution in [0.4, 0.5) is 0 Å². The molecule has 0 aliphatic rings. The molecule has 0 aromatic heterocycles. The van der Waals surface area contributed by atoms with Crippen molar-refractivity contribution >= 4 is 19.4 Å². The van der Waals surface area contributed by atoms with Crippen molar-refractivity contribution in [3.8, 4) is 0 Å². The molecule has 8 nitrogen and oxygen atoms in total. The monoisotopic (exact) mass is 281 g/mol. The Morgan fingerprint density at radius 2 is 1.72 bits per heavy atom. The van der Waals surface area contributed by atoms with Crippen LogP contribution >= 0.6 is 7.60 Å². The largest absolute Gasteiger partial charge is 0.347 e. The van der Waals surface area contributed by atoms with E-state index in [-0.39, 0.29) is 6.42 Å². The minimum absolute atomic E-state index is 0.0873. The van der Waals surface area contributed by atoms with Crippen LogP contribution in [0.2, 0.25) is 0 Å². The van der Waals surface area contributed by atoms with Gasteiger partial charge in [-0.25, -0.2) is 0 Å². The maximum atomic E-state index is 11.6. The van der Waals surface area contributed by atoms with Crippen molar-refractivity contribution in [2.75, 3.05) is 0 Å². The number of amides is 2. The van der Waals surface area contributed by atoms with Crippen molar-refractivity contribution in [1.82, 2.24) is 10.6 Å². The molecule has 0 aliphatic carbocycles. The average Bonchev–Trinajstić information content (AvgIpc) is 2.23. The van der Waals surface area contributed by atoms with Crippen LogP contribution in [0.5, 0.6) is 0 Å². The van der Waals surface area contributed by atoms with Crippen LogP contribution in [0.15, 0.2) is 0 Å². The number of rotatable bonds is 6. The van der Waals surface area contributed by atoms with Gasteiger partial charge in [-0.1, -0.05) is 6.92 Å². The summed E-state index contributed by atoms with van der Waals surface area (Å²) < 4.78 is 11.0. The highest BCUT2D eigenvalue weighted by atomic mass is 31.2. The molecule has 0 saturated heterocycles. The Morgan fingerprint density at radius 3 is 2.06 bits per heavy atom. The van der Waals surface area contributed by atoms with Crippen LogP contribution in [0.1, 0.15) is 27.2 Å². The molecule has 9 heteroatoms. The van der Waals surface area contributed by atoms with E-state index in [1.165, 1.54) is 20.8 Å². The van der Waals surface area contributed by atoms with Crippen LogP contribution in [-0.4, -0.2) is 39.5 Å². The Kier molecular flexibility index (Phi) is 6.48. The molecule has 2 amide bonds. The Balaban J connectivity index is 4.48. The fourth-order valence-electron chi connectivity index (χ4n) is 1.12. The highest BCUT2D eigenvalue weighted by molar-refractivity contribution is 7.52. The molecular weight excluding hydrogens is 261 g/mol. The van der Waals surface area contributed by atoms with E-state index in [9.17, 15) is 14.2 Å². The summed E-state index contributed by atoms with van der Waals surface area (Å²) in [6.07, 6.45) is 0.0873. The van der Waals surface area contributed by atoms with E-state index < -0.39 is 37.3 Å². The summed E-state index contributed by atoms with van der Waals surface area (Å²) in [7, 11) is -4.39. The molecule has 0 bridgehead atoms. The SMILES string of the molecule is CCC(NC(=O)[C@@H](C)NC(=O)[C@H](C)N)P(=O)(O)O. The predicted molar refractivity (Wildman–Crippen MR) is 65.5 cm³/mol. The first kappa shape index (κ1) is 17.1. The minimum atomic E-state index is -4.39. The molecule has 0 rings (SSSR count). The molecule has 0 spiro atoms. The van der Waals surface area contributed by atoms with Crippen molar-refractivity contribution in [3.05, 3.63) is 0 Å². The van der Waals surface area contributed by atoms with Crippen molar-refractivity contribution < 1.29 is 23.9 Å². The lowest BCUT2D eigenvalue weighted by atomic mass is 10.2. The molecule has 0 saturated carbocycles. The lowest BCUT2D eigenvalue weighted by Gasteiger charge is -2.21. The number of nitrogens with one attached hydrogen (secondary N) is 2. The zero-order valence-corrected chi connectivity index (χ0v) is 11.5. The van der Waals surface area contributed by atoms with Crippen LogP contribution in [0.25, 0.3) is 0 Å². The molecule has 0 aromatic carbocycles. The van der Waals surface area contributed by atoms with Crippen molar-refractivity contribution in [1.29, 1.82) is 0 Å². The fourth-order valence-corrected chi connectivity index (χ4v) is 1.89. The van der Waals surface area contributed by atoms with Gasteiger partial charge in [-0.15, -0.1) is 0 Å². The molecule has 6 N–H and O–H groups in total. The Hall–Kier alpha value is -0.950. The first-order valence-electron chi connectivity index (χ1n) is 5.51. The lowest BCUT2D eigenvalue weighted by molar-refractivity contribution is -0.129. The molecule has 18 heavy (non-hydrogen) atoms. The maximum absolute atomic E-state index is 11.6. The van der Waals surface area contributed by atoms with Gasteiger partial charge in [-0.05, 0) is 20.3 Å². The van der Waals surface area contributed by atoms with Crippen molar-refractivity contribution in [3.63, 3.8) is 0 Å². The van der Waals surface area contributed by atoms with Gasteiger partial charge in [-0.2, -0.15) is 0 Å². The normalized spacial score (nSPS) is 16.6. The third-order valence-electron chi connectivity index (χ3n) is 2.27. The van der Waals surface area contributed by atoms with E-state index in [1.54, 1.807) is 0 Å². The van der Waals surface area contributed by atoms with Crippen LogP contribution < -0.4 is 16.4 Å². The van der Waals surface area contributed by atoms with Crippen LogP contribution in [0, 0.1) is 0 Å². The second kappa shape index (κ2) is 6.84. The standard InChI is InChI=1S/C9H20N3O5P/c1-4-7(18(15,16)17)12-9(14)6(3)11-8(13)5(2)10/h5-7H,4,10H2,1-3H3,(H,11,13)(H,12,14)(H2,15,16,17)/t5-,6+,7?/m0/s1. The van der Waals surface area contributed by atoms with Gasteiger partial charge in [0.25, 0.3) is 0 Å². The van der Waals surface area contributed by atoms with E-state index in [4.69, 9.17) is 15.5 Å². The Labute approximate surface area is 105 Å². The highest BCUT2D eigenvalue weighted by Gasteiger charge is 2.30. The first-order chi connectivity index (χ1) is 8.09. The van der Waals surface area contributed by atoms with Crippen LogP contribution in [0.3, 0.4) is 0 Å². The molecule has 0 fully saturated rings. The summed E-state index contributed by atoms with van der Waals surface area (Å²) in [6, 6.07) is -1.67. The quantitative estimate of drug-likeness (QED) is 0.390. The van der Waals surface area contributed by atoms with E-state index >= 15 is 0 Å². The van der Waals surface area contributed by atoms with Gasteiger partial charge in [0.2, 0.25) is 11.8 Å². The second-order valence-electron chi connectivity index (χ2n) is 4.04. The van der Waals surface area contributed by atoms with E-state index in [1.807, 2.05) is 0 Å². The average molecular weight is 281 g/mol. The number of nitrogens with two attached hydrogens (primary N) is 1. The summed E-state index contributed by atoms with van der Waals surface area (Å²) in [6.45, 7) is 4.40. The van der Waals surface area contributed by atoms with E-state index in [0.29, 0.717) is 0 Å². The third-order valence-corrected chi connectivity index (χ3v) is 3.57. The van der Waals surface area contributed by atoms with Gasteiger partial charge >= 0.3 is 7.60 Å². The lowest BCUT2D eigenvalue weighted by Crippen LogP contribution is -2.51. The topological polar surface area (TPSA) is 142 Å². The summed E-state index contributed by atoms with van der Waals surface area (Å²) in [5.74, 6) is -2.43. The molecule has 0 aromatic rings. The number of carbonyl (C=O) groups is 2. The molecule has 0 radical (unpaired) electrons. The summed E-state index contributed by atoms with van der Waals surface area (Å²) in [4.78, 5) is 40.8. The maximum Gasteiger partial charge on any atom is 0.347 e. The first-order valence-corrected chi connectivity index (χ1v) is 7.19. The minimum Gasteiger partial charge on any atom is -0.343 e. The van der Waals surface area contributed by atoms with E-state index in [2.05, 4.69) is 10.6 Å².